The van der Waals surface area contributed by atoms with Gasteiger partial charge in [-0.05, 0) is 36.5 Å². The summed E-state index contributed by atoms with van der Waals surface area (Å²) in [5.74, 6) is -0.335. The van der Waals surface area contributed by atoms with Crippen LogP contribution in [0.4, 0.5) is 0 Å². The Morgan fingerprint density at radius 2 is 1.79 bits per heavy atom. The molecule has 3 fully saturated rings. The number of carboxylic acids is 1. The lowest BCUT2D eigenvalue weighted by atomic mass is 9.38. The normalized spacial score (nSPS) is 32.1. The van der Waals surface area contributed by atoms with Crippen LogP contribution < -0.4 is 0 Å². The molecule has 3 aliphatic rings. The van der Waals surface area contributed by atoms with Crippen LogP contribution >= 0.6 is 0 Å². The highest BCUT2D eigenvalue weighted by Gasteiger charge is 2.64. The number of carbonyl (C=O) groups excluding carboxylic acids is 1. The van der Waals surface area contributed by atoms with Crippen molar-refractivity contribution in [3.05, 3.63) is 0 Å². The number of carboxylic acid groups (broad SMARTS) is 1. The SMILES string of the molecule is O=C1CC2(C1)CC1(CC(C(=O)O)C1)C2. The Morgan fingerprint density at radius 1 is 1.21 bits per heavy atom. The quantitative estimate of drug-likeness (QED) is 0.690. The second-order valence-electron chi connectivity index (χ2n) is 5.69. The Bertz CT molecular complexity index is 307. The molecular weight excluding hydrogens is 180 g/mol. The van der Waals surface area contributed by atoms with Crippen LogP contribution in [-0.2, 0) is 9.59 Å². The summed E-state index contributed by atoms with van der Waals surface area (Å²) >= 11 is 0. The molecule has 3 saturated carbocycles. The standard InChI is InChI=1S/C11H14O3/c12-8-3-11(4-8)5-10(6-11)1-7(2-10)9(13)14/h7H,1-6H2,(H,13,14). The van der Waals surface area contributed by atoms with Gasteiger partial charge in [-0.25, -0.2) is 0 Å². The first-order chi connectivity index (χ1) is 6.53. The van der Waals surface area contributed by atoms with Crippen molar-refractivity contribution in [2.45, 2.75) is 38.5 Å². The van der Waals surface area contributed by atoms with E-state index in [-0.39, 0.29) is 5.92 Å². The number of aliphatic carboxylic acids is 1. The van der Waals surface area contributed by atoms with E-state index >= 15 is 0 Å². The van der Waals surface area contributed by atoms with Gasteiger partial charge in [-0.15, -0.1) is 0 Å². The van der Waals surface area contributed by atoms with E-state index in [2.05, 4.69) is 0 Å². The highest BCUT2D eigenvalue weighted by molar-refractivity contribution is 5.86. The molecule has 14 heavy (non-hydrogen) atoms. The fourth-order valence-corrected chi connectivity index (χ4v) is 4.02. The Labute approximate surface area is 82.5 Å². The van der Waals surface area contributed by atoms with Crippen molar-refractivity contribution in [3.8, 4) is 0 Å². The highest BCUT2D eigenvalue weighted by atomic mass is 16.4. The molecule has 0 radical (unpaired) electrons. The highest BCUT2D eigenvalue weighted by Crippen LogP contribution is 2.71. The lowest BCUT2D eigenvalue weighted by Crippen LogP contribution is -2.59. The van der Waals surface area contributed by atoms with Crippen molar-refractivity contribution in [1.82, 2.24) is 0 Å². The molecule has 3 aliphatic carbocycles. The summed E-state index contributed by atoms with van der Waals surface area (Å²) in [7, 11) is 0. The summed E-state index contributed by atoms with van der Waals surface area (Å²) in [4.78, 5) is 21.6. The van der Waals surface area contributed by atoms with Crippen molar-refractivity contribution >= 4 is 11.8 Å². The number of Topliss-reactive ketones (excluding diaryl/α,β-unsaturated/α-hetero) is 1. The van der Waals surface area contributed by atoms with Gasteiger partial charge in [0, 0.05) is 12.8 Å². The number of carbonyl (C=O) groups is 2. The van der Waals surface area contributed by atoms with Crippen LogP contribution in [-0.4, -0.2) is 16.9 Å². The molecule has 1 N–H and O–H groups in total. The summed E-state index contributed by atoms with van der Waals surface area (Å²) in [6.45, 7) is 0. The molecule has 3 heteroatoms. The Kier molecular flexibility index (Phi) is 1.33. The van der Waals surface area contributed by atoms with E-state index in [1.807, 2.05) is 0 Å². The summed E-state index contributed by atoms with van der Waals surface area (Å²) in [5.41, 5.74) is 0.671. The van der Waals surface area contributed by atoms with E-state index in [0.29, 0.717) is 16.6 Å². The number of ketones is 1. The lowest BCUT2D eigenvalue weighted by molar-refractivity contribution is -0.185. The van der Waals surface area contributed by atoms with Crippen LogP contribution in [0.5, 0.6) is 0 Å². The third-order valence-electron chi connectivity index (χ3n) is 4.35. The Morgan fingerprint density at radius 3 is 2.21 bits per heavy atom. The van der Waals surface area contributed by atoms with Crippen LogP contribution in [0, 0.1) is 16.7 Å². The zero-order valence-corrected chi connectivity index (χ0v) is 8.08. The average Bonchev–Trinajstić information content (AvgIpc) is 1.87. The first kappa shape index (κ1) is 8.45. The zero-order valence-electron chi connectivity index (χ0n) is 8.08. The maximum atomic E-state index is 10.9. The van der Waals surface area contributed by atoms with Crippen LogP contribution in [0.25, 0.3) is 0 Å². The predicted octanol–water partition coefficient (Wildman–Crippen LogP) is 1.61. The molecule has 0 bridgehead atoms. The molecule has 0 aromatic heterocycles. The minimum Gasteiger partial charge on any atom is -0.481 e. The smallest absolute Gasteiger partial charge is 0.306 e. The lowest BCUT2D eigenvalue weighted by Gasteiger charge is -2.65. The fraction of sp³-hybridized carbons (Fsp3) is 0.818. The summed E-state index contributed by atoms with van der Waals surface area (Å²) in [6, 6.07) is 0. The third-order valence-corrected chi connectivity index (χ3v) is 4.35. The topological polar surface area (TPSA) is 54.4 Å². The monoisotopic (exact) mass is 194 g/mol. The van der Waals surface area contributed by atoms with Crippen molar-refractivity contribution < 1.29 is 14.7 Å². The molecule has 3 nitrogen and oxygen atoms in total. The van der Waals surface area contributed by atoms with Gasteiger partial charge in [0.2, 0.25) is 0 Å². The molecule has 0 aromatic carbocycles. The first-order valence-corrected chi connectivity index (χ1v) is 5.27. The maximum Gasteiger partial charge on any atom is 0.306 e. The van der Waals surface area contributed by atoms with Gasteiger partial charge in [-0.3, -0.25) is 9.59 Å². The third kappa shape index (κ3) is 0.928. The number of hydrogen-bond acceptors (Lipinski definition) is 2. The maximum absolute atomic E-state index is 10.9. The van der Waals surface area contributed by atoms with Gasteiger partial charge in [0.1, 0.15) is 5.78 Å². The zero-order chi connectivity index (χ0) is 9.97. The molecule has 0 saturated heterocycles. The molecule has 0 aliphatic heterocycles. The van der Waals surface area contributed by atoms with Gasteiger partial charge < -0.3 is 5.11 Å². The predicted molar refractivity (Wildman–Crippen MR) is 48.7 cm³/mol. The molecule has 0 amide bonds. The van der Waals surface area contributed by atoms with E-state index in [4.69, 9.17) is 5.11 Å². The molecule has 3 rings (SSSR count). The largest absolute Gasteiger partial charge is 0.481 e. The fourth-order valence-electron chi connectivity index (χ4n) is 4.02. The van der Waals surface area contributed by atoms with Crippen LogP contribution in [0.2, 0.25) is 0 Å². The van der Waals surface area contributed by atoms with E-state index in [1.165, 1.54) is 0 Å². The number of rotatable bonds is 1. The van der Waals surface area contributed by atoms with E-state index in [0.717, 1.165) is 38.5 Å². The van der Waals surface area contributed by atoms with Crippen molar-refractivity contribution in [2.24, 2.45) is 16.7 Å². The van der Waals surface area contributed by atoms with Gasteiger partial charge in [0.25, 0.3) is 0 Å². The Balaban J connectivity index is 1.56. The van der Waals surface area contributed by atoms with Crippen molar-refractivity contribution in [3.63, 3.8) is 0 Å². The summed E-state index contributed by atoms with van der Waals surface area (Å²) in [6.07, 6.45) is 5.50. The van der Waals surface area contributed by atoms with E-state index in [1.54, 1.807) is 0 Å². The number of hydrogen-bond donors (Lipinski definition) is 1. The molecule has 2 spiro atoms. The summed E-state index contributed by atoms with van der Waals surface area (Å²) in [5, 5.41) is 8.77. The average molecular weight is 194 g/mol. The van der Waals surface area contributed by atoms with Crippen LogP contribution in [0.3, 0.4) is 0 Å². The van der Waals surface area contributed by atoms with Gasteiger partial charge in [-0.1, -0.05) is 0 Å². The molecule has 0 heterocycles. The van der Waals surface area contributed by atoms with Crippen molar-refractivity contribution in [2.75, 3.05) is 0 Å². The van der Waals surface area contributed by atoms with Gasteiger partial charge in [0.05, 0.1) is 5.92 Å². The minimum absolute atomic E-state index is 0.0943. The van der Waals surface area contributed by atoms with Gasteiger partial charge in [-0.2, -0.15) is 0 Å². The molecule has 0 atom stereocenters. The minimum atomic E-state index is -0.638. The molecule has 0 aromatic rings. The molecule has 0 unspecified atom stereocenters. The summed E-state index contributed by atoms with van der Waals surface area (Å²) < 4.78 is 0. The van der Waals surface area contributed by atoms with Gasteiger partial charge in [0.15, 0.2) is 0 Å². The second-order valence-corrected chi connectivity index (χ2v) is 5.69. The van der Waals surface area contributed by atoms with Gasteiger partial charge >= 0.3 is 5.97 Å². The molecule has 76 valence electrons. The second kappa shape index (κ2) is 2.20. The molecular formula is C11H14O3. The van der Waals surface area contributed by atoms with Crippen LogP contribution in [0.15, 0.2) is 0 Å². The van der Waals surface area contributed by atoms with E-state index < -0.39 is 5.97 Å². The van der Waals surface area contributed by atoms with Crippen molar-refractivity contribution in [1.29, 1.82) is 0 Å². The Hall–Kier alpha value is -0.860. The van der Waals surface area contributed by atoms with E-state index in [9.17, 15) is 9.59 Å². The van der Waals surface area contributed by atoms with Crippen LogP contribution in [0.1, 0.15) is 38.5 Å². The first-order valence-electron chi connectivity index (χ1n) is 5.27.